The molecule has 6 heteroatoms. The SMILES string of the molecule is C=CC(C)(C)C1(OC)C(=O)Oc2cc3occc3c(OC)c2C1=O. The van der Waals surface area contributed by atoms with E-state index in [1.54, 1.807) is 19.9 Å². The number of ketones is 1. The smallest absolute Gasteiger partial charge is 0.352 e. The summed E-state index contributed by atoms with van der Waals surface area (Å²) in [6.45, 7) is 7.11. The summed E-state index contributed by atoms with van der Waals surface area (Å²) in [6, 6.07) is 3.19. The van der Waals surface area contributed by atoms with Gasteiger partial charge < -0.3 is 18.6 Å². The minimum Gasteiger partial charge on any atom is -0.495 e. The molecule has 0 N–H and O–H groups in total. The van der Waals surface area contributed by atoms with Crippen LogP contribution >= 0.6 is 0 Å². The number of rotatable bonds is 4. The first-order valence-electron chi connectivity index (χ1n) is 7.38. The second-order valence-corrected chi connectivity index (χ2v) is 6.15. The number of fused-ring (bicyclic) bond motifs is 2. The molecule has 1 atom stereocenters. The van der Waals surface area contributed by atoms with E-state index in [1.165, 1.54) is 32.6 Å². The maximum absolute atomic E-state index is 13.3. The highest BCUT2D eigenvalue weighted by Crippen LogP contribution is 2.48. The number of benzene rings is 1. The Morgan fingerprint density at radius 1 is 1.29 bits per heavy atom. The van der Waals surface area contributed by atoms with Crippen molar-refractivity contribution in [1.82, 2.24) is 0 Å². The van der Waals surface area contributed by atoms with Gasteiger partial charge >= 0.3 is 5.97 Å². The van der Waals surface area contributed by atoms with Crippen molar-refractivity contribution in [2.24, 2.45) is 5.41 Å². The van der Waals surface area contributed by atoms with E-state index < -0.39 is 22.8 Å². The Morgan fingerprint density at radius 2 is 2.00 bits per heavy atom. The van der Waals surface area contributed by atoms with Gasteiger partial charge in [-0.25, -0.2) is 4.79 Å². The number of methoxy groups -OCH3 is 2. The summed E-state index contributed by atoms with van der Waals surface area (Å²) in [6.07, 6.45) is 2.98. The second-order valence-electron chi connectivity index (χ2n) is 6.15. The van der Waals surface area contributed by atoms with E-state index in [-0.39, 0.29) is 17.1 Å². The maximum atomic E-state index is 13.3. The van der Waals surface area contributed by atoms with Gasteiger partial charge in [0.15, 0.2) is 0 Å². The Bertz CT molecular complexity index is 860. The van der Waals surface area contributed by atoms with Gasteiger partial charge in [0.2, 0.25) is 11.4 Å². The largest absolute Gasteiger partial charge is 0.495 e. The Labute approximate surface area is 139 Å². The first-order valence-corrected chi connectivity index (χ1v) is 7.38. The van der Waals surface area contributed by atoms with E-state index >= 15 is 0 Å². The molecule has 1 aromatic heterocycles. The minimum absolute atomic E-state index is 0.0943. The van der Waals surface area contributed by atoms with E-state index in [9.17, 15) is 9.59 Å². The molecule has 2 heterocycles. The van der Waals surface area contributed by atoms with Gasteiger partial charge in [-0.05, 0) is 6.07 Å². The number of carbonyl (C=O) groups is 2. The third-order valence-electron chi connectivity index (χ3n) is 4.64. The fraction of sp³-hybridized carbons (Fsp3) is 0.333. The van der Waals surface area contributed by atoms with E-state index in [1.807, 2.05) is 0 Å². The topological polar surface area (TPSA) is 75.0 Å². The monoisotopic (exact) mass is 330 g/mol. The van der Waals surface area contributed by atoms with Crippen LogP contribution in [0, 0.1) is 5.41 Å². The van der Waals surface area contributed by atoms with Gasteiger partial charge in [-0.2, -0.15) is 0 Å². The van der Waals surface area contributed by atoms with Crippen LogP contribution in [0.25, 0.3) is 11.0 Å². The molecule has 24 heavy (non-hydrogen) atoms. The summed E-state index contributed by atoms with van der Waals surface area (Å²) in [4.78, 5) is 26.1. The lowest BCUT2D eigenvalue weighted by Crippen LogP contribution is -2.61. The van der Waals surface area contributed by atoms with Crippen molar-refractivity contribution in [3.05, 3.63) is 36.6 Å². The van der Waals surface area contributed by atoms with Crippen molar-refractivity contribution in [3.63, 3.8) is 0 Å². The molecule has 126 valence electrons. The van der Waals surface area contributed by atoms with Crippen LogP contribution in [0.3, 0.4) is 0 Å². The number of carbonyl (C=O) groups excluding carboxylic acids is 2. The molecular formula is C18H18O6. The normalized spacial score (nSPS) is 20.7. The van der Waals surface area contributed by atoms with Gasteiger partial charge in [-0.15, -0.1) is 6.58 Å². The van der Waals surface area contributed by atoms with Gasteiger partial charge in [-0.1, -0.05) is 19.9 Å². The molecule has 0 radical (unpaired) electrons. The molecule has 0 aliphatic carbocycles. The number of hydrogen-bond acceptors (Lipinski definition) is 6. The van der Waals surface area contributed by atoms with Gasteiger partial charge in [0.25, 0.3) is 0 Å². The highest BCUT2D eigenvalue weighted by molar-refractivity contribution is 6.23. The lowest BCUT2D eigenvalue weighted by Gasteiger charge is -2.42. The summed E-state index contributed by atoms with van der Waals surface area (Å²) in [5, 5.41) is 0.615. The fourth-order valence-corrected chi connectivity index (χ4v) is 3.14. The van der Waals surface area contributed by atoms with Crippen molar-refractivity contribution in [2.75, 3.05) is 14.2 Å². The molecule has 0 saturated carbocycles. The summed E-state index contributed by atoms with van der Waals surface area (Å²) in [5.74, 6) is -0.937. The van der Waals surface area contributed by atoms with E-state index in [0.29, 0.717) is 11.0 Å². The van der Waals surface area contributed by atoms with Crippen LogP contribution in [-0.2, 0) is 9.53 Å². The number of hydrogen-bond donors (Lipinski definition) is 0. The molecule has 1 aliphatic rings. The molecule has 1 aliphatic heterocycles. The lowest BCUT2D eigenvalue weighted by molar-refractivity contribution is -0.163. The summed E-state index contributed by atoms with van der Waals surface area (Å²) in [7, 11) is 2.75. The fourth-order valence-electron chi connectivity index (χ4n) is 3.14. The van der Waals surface area contributed by atoms with Crippen molar-refractivity contribution < 1.29 is 28.2 Å². The Morgan fingerprint density at radius 3 is 2.58 bits per heavy atom. The van der Waals surface area contributed by atoms with Gasteiger partial charge in [0.1, 0.15) is 22.6 Å². The number of esters is 1. The summed E-state index contributed by atoms with van der Waals surface area (Å²) >= 11 is 0. The first kappa shape index (κ1) is 16.3. The van der Waals surface area contributed by atoms with Crippen LogP contribution < -0.4 is 9.47 Å². The van der Waals surface area contributed by atoms with Gasteiger partial charge in [-0.3, -0.25) is 4.79 Å². The van der Waals surface area contributed by atoms with Crippen molar-refractivity contribution in [1.29, 1.82) is 0 Å². The van der Waals surface area contributed by atoms with Crippen molar-refractivity contribution in [2.45, 2.75) is 19.4 Å². The predicted molar refractivity (Wildman–Crippen MR) is 86.4 cm³/mol. The standard InChI is InChI=1S/C18H18O6/c1-6-17(2,3)18(22-5)15(19)13-12(24-16(18)20)9-11-10(7-8-23-11)14(13)21-4/h6-9H,1H2,2-5H3. The van der Waals surface area contributed by atoms with Gasteiger partial charge in [0.05, 0.1) is 18.8 Å². The Hall–Kier alpha value is -2.60. The van der Waals surface area contributed by atoms with Crippen LogP contribution in [0.2, 0.25) is 0 Å². The zero-order chi connectivity index (χ0) is 17.7. The molecule has 0 saturated heterocycles. The average molecular weight is 330 g/mol. The van der Waals surface area contributed by atoms with Crippen LogP contribution in [0.4, 0.5) is 0 Å². The third kappa shape index (κ3) is 1.80. The molecule has 0 bridgehead atoms. The highest BCUT2D eigenvalue weighted by Gasteiger charge is 2.61. The third-order valence-corrected chi connectivity index (χ3v) is 4.64. The lowest BCUT2D eigenvalue weighted by atomic mass is 9.69. The minimum atomic E-state index is -1.84. The molecule has 3 rings (SSSR count). The molecule has 0 fully saturated rings. The number of ether oxygens (including phenoxy) is 3. The number of furan rings is 1. The van der Waals surface area contributed by atoms with Crippen LogP contribution in [0.5, 0.6) is 11.5 Å². The maximum Gasteiger partial charge on any atom is 0.352 e. The predicted octanol–water partition coefficient (Wildman–Crippen LogP) is 3.14. The molecule has 0 amide bonds. The molecule has 1 aromatic carbocycles. The van der Waals surface area contributed by atoms with Crippen molar-refractivity contribution in [3.8, 4) is 11.5 Å². The van der Waals surface area contributed by atoms with E-state index in [4.69, 9.17) is 18.6 Å². The van der Waals surface area contributed by atoms with Crippen LogP contribution in [-0.4, -0.2) is 31.6 Å². The zero-order valence-electron chi connectivity index (χ0n) is 14.0. The second kappa shape index (κ2) is 5.21. The Kier molecular flexibility index (Phi) is 3.53. The summed E-state index contributed by atoms with van der Waals surface area (Å²) in [5.41, 5.74) is -2.22. The molecule has 1 unspecified atom stereocenters. The average Bonchev–Trinajstić information content (AvgIpc) is 3.01. The molecular weight excluding hydrogens is 312 g/mol. The van der Waals surface area contributed by atoms with Crippen LogP contribution in [0.1, 0.15) is 24.2 Å². The highest BCUT2D eigenvalue weighted by atomic mass is 16.6. The zero-order valence-corrected chi connectivity index (χ0v) is 14.0. The first-order chi connectivity index (χ1) is 11.3. The van der Waals surface area contributed by atoms with Gasteiger partial charge in [0, 0.05) is 18.6 Å². The van der Waals surface area contributed by atoms with E-state index in [2.05, 4.69) is 6.58 Å². The quantitative estimate of drug-likeness (QED) is 0.371. The summed E-state index contributed by atoms with van der Waals surface area (Å²) < 4.78 is 21.6. The Balaban J connectivity index is 2.36. The van der Waals surface area contributed by atoms with E-state index in [0.717, 1.165) is 0 Å². The van der Waals surface area contributed by atoms with Crippen LogP contribution in [0.15, 0.2) is 35.5 Å². The molecule has 2 aromatic rings. The molecule has 0 spiro atoms. The number of Topliss-reactive ketones (excluding diaryl/α,β-unsaturated/α-hetero) is 1. The molecule has 6 nitrogen and oxygen atoms in total. The van der Waals surface area contributed by atoms with Crippen molar-refractivity contribution >= 4 is 22.7 Å².